The van der Waals surface area contributed by atoms with Gasteiger partial charge in [-0.15, -0.1) is 0 Å². The molecule has 2 rings (SSSR count). The van der Waals surface area contributed by atoms with Crippen LogP contribution < -0.4 is 0 Å². The number of nitrogens with zero attached hydrogens (tertiary/aromatic N) is 1. The van der Waals surface area contributed by atoms with E-state index in [2.05, 4.69) is 48.1 Å². The Morgan fingerprint density at radius 2 is 1.70 bits per heavy atom. The van der Waals surface area contributed by atoms with Crippen LogP contribution >= 0.6 is 0 Å². The van der Waals surface area contributed by atoms with Gasteiger partial charge in [-0.05, 0) is 80.3 Å². The average Bonchev–Trinajstić information content (AvgIpc) is 2.60. The van der Waals surface area contributed by atoms with Crippen molar-refractivity contribution in [2.75, 3.05) is 26.3 Å². The van der Waals surface area contributed by atoms with Gasteiger partial charge in [0, 0.05) is 32.0 Å². The maximum absolute atomic E-state index is 12.6. The van der Waals surface area contributed by atoms with Crippen LogP contribution in [0.1, 0.15) is 80.6 Å². The molecule has 0 saturated carbocycles. The Labute approximate surface area is 201 Å². The van der Waals surface area contributed by atoms with Crippen molar-refractivity contribution in [1.29, 1.82) is 0 Å². The third-order valence-corrected chi connectivity index (χ3v) is 9.28. The summed E-state index contributed by atoms with van der Waals surface area (Å²) in [5, 5.41) is 9.05. The number of hydrogen-bond acceptors (Lipinski definition) is 7. The van der Waals surface area contributed by atoms with E-state index >= 15 is 0 Å². The second-order valence-corrected chi connectivity index (χ2v) is 14.5. The predicted molar refractivity (Wildman–Crippen MR) is 129 cm³/mol. The monoisotopic (exact) mass is 489 g/mol. The van der Waals surface area contributed by atoms with Crippen molar-refractivity contribution in [1.82, 2.24) is 4.90 Å². The molecule has 194 valence electrons. The van der Waals surface area contributed by atoms with Gasteiger partial charge in [-0.2, -0.15) is 0 Å². The van der Waals surface area contributed by atoms with E-state index in [4.69, 9.17) is 28.2 Å². The summed E-state index contributed by atoms with van der Waals surface area (Å²) < 4.78 is 30.1. The fraction of sp³-hybridized carbons (Fsp3) is 0.958. The minimum Gasteiger partial charge on any atom is -0.447 e. The summed E-state index contributed by atoms with van der Waals surface area (Å²) in [5.74, 6) is -0.673. The number of carbonyl (C=O) groups excluding carboxylic acids is 1. The normalized spacial score (nSPS) is 33.5. The Hall–Kier alpha value is -0.713. The van der Waals surface area contributed by atoms with Crippen LogP contribution in [0.25, 0.3) is 0 Å². The summed E-state index contributed by atoms with van der Waals surface area (Å²) in [7, 11) is -2.31. The molecule has 0 spiro atoms. The lowest BCUT2D eigenvalue weighted by Crippen LogP contribution is -2.54. The Balaban J connectivity index is 1.91. The zero-order valence-corrected chi connectivity index (χ0v) is 23.1. The predicted octanol–water partition coefficient (Wildman–Crippen LogP) is 4.58. The maximum atomic E-state index is 12.6. The van der Waals surface area contributed by atoms with Crippen molar-refractivity contribution in [2.45, 2.75) is 122 Å². The van der Waals surface area contributed by atoms with Gasteiger partial charge >= 0.3 is 14.7 Å². The van der Waals surface area contributed by atoms with Crippen molar-refractivity contribution < 1.29 is 33.0 Å². The first-order valence-corrected chi connectivity index (χ1v) is 15.0. The van der Waals surface area contributed by atoms with Crippen molar-refractivity contribution in [3.05, 3.63) is 0 Å². The SMILES string of the molecule is CC1CC(C)(C)OC(C)(CCCN(CCC[Si]2(C)OC(C)CC(C)(C)O2)C(=O)OCCO)O1. The van der Waals surface area contributed by atoms with Crippen molar-refractivity contribution in [3.63, 3.8) is 0 Å². The molecule has 1 amide bonds. The lowest BCUT2D eigenvalue weighted by molar-refractivity contribution is -0.333. The fourth-order valence-electron chi connectivity index (χ4n) is 5.54. The molecule has 0 aromatic carbocycles. The molecular weight excluding hydrogens is 442 g/mol. The molecular formula is C24H47NO7Si. The van der Waals surface area contributed by atoms with Crippen LogP contribution in [0.5, 0.6) is 0 Å². The minimum atomic E-state index is -2.31. The largest absolute Gasteiger partial charge is 0.447 e. The van der Waals surface area contributed by atoms with Gasteiger partial charge in [-0.1, -0.05) is 0 Å². The molecule has 4 atom stereocenters. The van der Waals surface area contributed by atoms with E-state index in [1.807, 2.05) is 6.92 Å². The molecule has 0 bridgehead atoms. The molecule has 9 heteroatoms. The van der Waals surface area contributed by atoms with Gasteiger partial charge in [0.15, 0.2) is 5.79 Å². The summed E-state index contributed by atoms with van der Waals surface area (Å²) >= 11 is 0. The van der Waals surface area contributed by atoms with Gasteiger partial charge in [0.05, 0.1) is 23.9 Å². The molecule has 2 fully saturated rings. The highest BCUT2D eigenvalue weighted by Crippen LogP contribution is 2.37. The molecule has 0 aromatic rings. The zero-order valence-electron chi connectivity index (χ0n) is 22.1. The second kappa shape index (κ2) is 11.3. The first-order valence-electron chi connectivity index (χ1n) is 12.5. The highest BCUT2D eigenvalue weighted by molar-refractivity contribution is 6.66. The third kappa shape index (κ3) is 9.45. The number of carbonyl (C=O) groups is 1. The minimum absolute atomic E-state index is 0.00460. The van der Waals surface area contributed by atoms with E-state index in [-0.39, 0.29) is 36.6 Å². The summed E-state index contributed by atoms with van der Waals surface area (Å²) in [6.07, 6.45) is 3.80. The van der Waals surface area contributed by atoms with Crippen LogP contribution in [0.15, 0.2) is 0 Å². The number of rotatable bonds is 10. The topological polar surface area (TPSA) is 86.7 Å². The van der Waals surface area contributed by atoms with Gasteiger partial charge in [-0.3, -0.25) is 0 Å². The lowest BCUT2D eigenvalue weighted by atomic mass is 9.97. The number of hydrogen-bond donors (Lipinski definition) is 1. The lowest BCUT2D eigenvalue weighted by Gasteiger charge is -2.46. The average molecular weight is 490 g/mol. The molecule has 2 saturated heterocycles. The van der Waals surface area contributed by atoms with E-state index in [1.165, 1.54) is 0 Å². The van der Waals surface area contributed by atoms with Crippen LogP contribution in [-0.4, -0.2) is 80.2 Å². The third-order valence-electron chi connectivity index (χ3n) is 6.14. The molecule has 2 heterocycles. The van der Waals surface area contributed by atoms with Gasteiger partial charge in [0.25, 0.3) is 0 Å². The molecule has 33 heavy (non-hydrogen) atoms. The molecule has 0 aliphatic carbocycles. The zero-order chi connectivity index (χ0) is 24.9. The number of ether oxygens (including phenoxy) is 3. The molecule has 1 N–H and O–H groups in total. The van der Waals surface area contributed by atoms with Gasteiger partial charge in [0.1, 0.15) is 6.61 Å². The first kappa shape index (κ1) is 28.5. The van der Waals surface area contributed by atoms with E-state index in [0.29, 0.717) is 19.5 Å². The number of aliphatic hydroxyl groups is 1. The second-order valence-electron chi connectivity index (χ2n) is 11.3. The van der Waals surface area contributed by atoms with Crippen molar-refractivity contribution in [3.8, 4) is 0 Å². The number of aliphatic hydroxyl groups excluding tert-OH is 1. The van der Waals surface area contributed by atoms with Crippen molar-refractivity contribution >= 4 is 14.7 Å². The smallest absolute Gasteiger partial charge is 0.409 e. The fourth-order valence-corrected chi connectivity index (χ4v) is 8.80. The molecule has 4 unspecified atom stereocenters. The molecule has 0 radical (unpaired) electrons. The molecule has 2 aliphatic rings. The Morgan fingerprint density at radius 3 is 2.30 bits per heavy atom. The Morgan fingerprint density at radius 1 is 1.06 bits per heavy atom. The van der Waals surface area contributed by atoms with E-state index in [0.717, 1.165) is 31.7 Å². The molecule has 8 nitrogen and oxygen atoms in total. The van der Waals surface area contributed by atoms with Crippen LogP contribution in [0, 0.1) is 0 Å². The maximum Gasteiger partial charge on any atom is 0.409 e. The van der Waals surface area contributed by atoms with E-state index in [9.17, 15) is 4.79 Å². The van der Waals surface area contributed by atoms with Crippen LogP contribution in [0.4, 0.5) is 4.79 Å². The first-order chi connectivity index (χ1) is 15.2. The van der Waals surface area contributed by atoms with Gasteiger partial charge in [-0.25, -0.2) is 4.79 Å². The summed E-state index contributed by atoms with van der Waals surface area (Å²) in [5.41, 5.74) is -0.421. The van der Waals surface area contributed by atoms with Gasteiger partial charge in [0.2, 0.25) is 0 Å². The Bertz CT molecular complexity index is 602. The standard InChI is InChI=1S/C24H47NO7Si/c1-19-17-22(3,4)31-24(7,29-19)11-9-12-25(21(27)28-15-14-26)13-10-16-33(8)30-20(2)18-23(5,6)32-33/h19-20,26H,9-18H2,1-8H3. The van der Waals surface area contributed by atoms with Gasteiger partial charge < -0.3 is 33.1 Å². The van der Waals surface area contributed by atoms with Crippen LogP contribution in [0.3, 0.4) is 0 Å². The summed E-state index contributed by atoms with van der Waals surface area (Å²) in [6.45, 7) is 17.6. The van der Waals surface area contributed by atoms with E-state index < -0.39 is 20.4 Å². The highest BCUT2D eigenvalue weighted by Gasteiger charge is 2.44. The molecule has 0 aromatic heterocycles. The quantitative estimate of drug-likeness (QED) is 0.449. The number of amides is 1. The summed E-state index contributed by atoms with van der Waals surface area (Å²) in [4.78, 5) is 14.3. The van der Waals surface area contributed by atoms with Crippen LogP contribution in [-0.2, 0) is 23.1 Å². The summed E-state index contributed by atoms with van der Waals surface area (Å²) in [6, 6.07) is 0.806. The van der Waals surface area contributed by atoms with Crippen LogP contribution in [0.2, 0.25) is 12.6 Å². The highest BCUT2D eigenvalue weighted by atomic mass is 28.4. The molecule has 2 aliphatic heterocycles. The van der Waals surface area contributed by atoms with Crippen molar-refractivity contribution in [2.24, 2.45) is 0 Å². The Kier molecular flexibility index (Phi) is 9.81. The van der Waals surface area contributed by atoms with E-state index in [1.54, 1.807) is 4.90 Å².